The van der Waals surface area contributed by atoms with E-state index in [-0.39, 0.29) is 5.56 Å². The van der Waals surface area contributed by atoms with Crippen molar-refractivity contribution in [1.29, 1.82) is 0 Å². The molecule has 0 aliphatic rings. The molecule has 3 amide bonds. The number of rotatable bonds is 6. The van der Waals surface area contributed by atoms with Gasteiger partial charge in [-0.1, -0.05) is 11.8 Å². The molecule has 0 aliphatic heterocycles. The van der Waals surface area contributed by atoms with Crippen LogP contribution in [0.2, 0.25) is 0 Å². The minimum atomic E-state index is -1.51. The Morgan fingerprint density at radius 2 is 1.87 bits per heavy atom. The summed E-state index contributed by atoms with van der Waals surface area (Å²) in [5.74, 6) is 4.05. The number of aromatic nitrogens is 1. The Balaban J connectivity index is 2.07. The molecule has 1 aromatic heterocycles. The molecule has 1 unspecified atom stereocenters. The van der Waals surface area contributed by atoms with E-state index in [0.717, 1.165) is 10.5 Å². The lowest BCUT2D eigenvalue weighted by molar-refractivity contribution is -0.140. The van der Waals surface area contributed by atoms with Crippen molar-refractivity contribution in [3.05, 3.63) is 65.4 Å². The number of hydrogen-bond acceptors (Lipinski definition) is 6. The summed E-state index contributed by atoms with van der Waals surface area (Å²) in [6.45, 7) is 0. The Bertz CT molecular complexity index is 1000. The van der Waals surface area contributed by atoms with Crippen LogP contribution in [-0.4, -0.2) is 60.1 Å². The smallest absolute Gasteiger partial charge is 0.275 e. The molecule has 1 aromatic carbocycles. The number of ether oxygens (including phenoxy) is 1. The molecule has 9 nitrogen and oxygen atoms in total. The maximum Gasteiger partial charge on any atom is 0.275 e. The van der Waals surface area contributed by atoms with Crippen LogP contribution in [0.1, 0.15) is 21.5 Å². The number of nitrogens with one attached hydrogen (secondary N) is 2. The second-order valence-electron chi connectivity index (χ2n) is 6.22. The minimum Gasteiger partial charge on any atom is -0.481 e. The van der Waals surface area contributed by atoms with Crippen LogP contribution in [0.4, 0.5) is 0 Å². The number of amides is 3. The highest BCUT2D eigenvalue weighted by atomic mass is 16.5. The summed E-state index contributed by atoms with van der Waals surface area (Å²) in [5.41, 5.74) is 3.20. The third-order valence-electron chi connectivity index (χ3n) is 4.24. The number of hydroxylamine groups is 1. The highest BCUT2D eigenvalue weighted by Gasteiger charge is 2.33. The average molecular weight is 422 g/mol. The number of nitrogens with zero attached hydrogens (tertiary/aromatic N) is 2. The van der Waals surface area contributed by atoms with Crippen molar-refractivity contribution in [3.8, 4) is 17.7 Å². The van der Waals surface area contributed by atoms with Crippen molar-refractivity contribution in [1.82, 2.24) is 20.7 Å². The molecule has 9 heteroatoms. The molecule has 0 spiro atoms. The second-order valence-corrected chi connectivity index (χ2v) is 6.22. The minimum absolute atomic E-state index is 0.257. The number of benzene rings is 1. The van der Waals surface area contributed by atoms with Crippen molar-refractivity contribution in [2.24, 2.45) is 0 Å². The number of hydrogen-bond donors (Lipinski definition) is 3. The molecule has 31 heavy (non-hydrogen) atoms. The molecule has 1 heterocycles. The van der Waals surface area contributed by atoms with Gasteiger partial charge in [-0.05, 0) is 48.0 Å². The van der Waals surface area contributed by atoms with Gasteiger partial charge in [-0.25, -0.2) is 10.5 Å². The third kappa shape index (κ3) is 6.16. The quantitative estimate of drug-likeness (QED) is 0.275. The number of carbonyl (C=O) groups is 3. The van der Waals surface area contributed by atoms with Gasteiger partial charge < -0.3 is 15.0 Å². The lowest BCUT2D eigenvalue weighted by atomic mass is 10.1. The van der Waals surface area contributed by atoms with E-state index in [0.29, 0.717) is 11.4 Å². The average Bonchev–Trinajstić information content (AvgIpc) is 2.81. The van der Waals surface area contributed by atoms with Crippen molar-refractivity contribution in [2.45, 2.75) is 6.04 Å². The van der Waals surface area contributed by atoms with E-state index in [1.54, 1.807) is 43.7 Å². The molecule has 2 aromatic rings. The van der Waals surface area contributed by atoms with Gasteiger partial charge in [0.25, 0.3) is 17.7 Å². The van der Waals surface area contributed by atoms with Gasteiger partial charge in [0.15, 0.2) is 6.04 Å². The number of likely N-dealkylation sites (N-methyl/N-ethyl adjacent to an activating group) is 2. The van der Waals surface area contributed by atoms with Crippen molar-refractivity contribution < 1.29 is 24.3 Å². The Morgan fingerprint density at radius 1 is 1.16 bits per heavy atom. The molecule has 0 saturated heterocycles. The maximum absolute atomic E-state index is 12.6. The predicted octanol–water partition coefficient (Wildman–Crippen LogP) is 0.847. The maximum atomic E-state index is 12.6. The van der Waals surface area contributed by atoms with Crippen molar-refractivity contribution in [2.75, 3.05) is 21.2 Å². The van der Waals surface area contributed by atoms with E-state index in [2.05, 4.69) is 22.1 Å². The highest BCUT2D eigenvalue weighted by molar-refractivity contribution is 6.08. The molecule has 0 fully saturated rings. The van der Waals surface area contributed by atoms with Crippen LogP contribution in [0.5, 0.6) is 5.88 Å². The summed E-state index contributed by atoms with van der Waals surface area (Å²) < 4.78 is 5.00. The fourth-order valence-electron chi connectivity index (χ4n) is 2.56. The molecule has 160 valence electrons. The number of carbonyl (C=O) groups excluding carboxylic acids is 3. The Hall–Kier alpha value is -4.16. The summed E-state index contributed by atoms with van der Waals surface area (Å²) >= 11 is 0. The molecule has 1 atom stereocenters. The van der Waals surface area contributed by atoms with Crippen LogP contribution < -0.4 is 15.5 Å². The summed E-state index contributed by atoms with van der Waals surface area (Å²) in [6.07, 6.45) is 5.15. The Kier molecular flexibility index (Phi) is 8.31. The first-order valence-electron chi connectivity index (χ1n) is 9.12. The molecular formula is C22H22N4O5. The van der Waals surface area contributed by atoms with Gasteiger partial charge in [0.1, 0.15) is 0 Å². The number of methoxy groups -OCH3 is 1. The third-order valence-corrected chi connectivity index (χ3v) is 4.24. The molecule has 0 bridgehead atoms. The molecule has 3 N–H and O–H groups in total. The first-order valence-corrected chi connectivity index (χ1v) is 9.12. The lowest BCUT2D eigenvalue weighted by Crippen LogP contribution is -2.54. The Morgan fingerprint density at radius 3 is 2.42 bits per heavy atom. The highest BCUT2D eigenvalue weighted by Crippen LogP contribution is 2.10. The molecule has 0 radical (unpaired) electrons. The van der Waals surface area contributed by atoms with Crippen molar-refractivity contribution in [3.63, 3.8) is 0 Å². The summed E-state index contributed by atoms with van der Waals surface area (Å²) in [5, 5.41) is 11.1. The lowest BCUT2D eigenvalue weighted by Gasteiger charge is -2.25. The summed E-state index contributed by atoms with van der Waals surface area (Å²) in [7, 11) is 4.17. The van der Waals surface area contributed by atoms with E-state index in [1.807, 2.05) is 6.07 Å². The first kappa shape index (κ1) is 23.1. The van der Waals surface area contributed by atoms with E-state index in [4.69, 9.17) is 9.94 Å². The first-order chi connectivity index (χ1) is 14.9. The fraction of sp³-hybridized carbons (Fsp3) is 0.182. The van der Waals surface area contributed by atoms with Gasteiger partial charge in [0.2, 0.25) is 5.88 Å². The van der Waals surface area contributed by atoms with Gasteiger partial charge in [-0.2, -0.15) is 0 Å². The van der Waals surface area contributed by atoms with Gasteiger partial charge in [-0.3, -0.25) is 19.6 Å². The number of allylic oxidation sites excluding steroid dienone is 1. The van der Waals surface area contributed by atoms with Crippen molar-refractivity contribution >= 4 is 23.8 Å². The zero-order chi connectivity index (χ0) is 22.8. The zero-order valence-corrected chi connectivity index (χ0v) is 17.2. The SMILES string of the molecule is CNC(=O)C(C(=O)NO)N(C)C(=O)c1ccc(C#CC=Cc2ccc(OC)nc2)cc1. The molecule has 2 rings (SSSR count). The zero-order valence-electron chi connectivity index (χ0n) is 17.2. The molecular weight excluding hydrogens is 400 g/mol. The molecule has 0 aliphatic carbocycles. The van der Waals surface area contributed by atoms with Gasteiger partial charge in [-0.15, -0.1) is 0 Å². The van der Waals surface area contributed by atoms with Crippen LogP contribution in [0, 0.1) is 11.8 Å². The van der Waals surface area contributed by atoms with Crippen LogP contribution in [0.25, 0.3) is 6.08 Å². The monoisotopic (exact) mass is 422 g/mol. The summed E-state index contributed by atoms with van der Waals surface area (Å²) in [6, 6.07) is 8.47. The van der Waals surface area contributed by atoms with Gasteiger partial charge in [0, 0.05) is 37.5 Å². The van der Waals surface area contributed by atoms with Crippen LogP contribution in [-0.2, 0) is 9.59 Å². The van der Waals surface area contributed by atoms with E-state index in [1.165, 1.54) is 31.7 Å². The Labute approximate surface area is 179 Å². The second kappa shape index (κ2) is 11.1. The summed E-state index contributed by atoms with van der Waals surface area (Å²) in [4.78, 5) is 41.3. The van der Waals surface area contributed by atoms with Crippen LogP contribution in [0.3, 0.4) is 0 Å². The van der Waals surface area contributed by atoms with Gasteiger partial charge >= 0.3 is 0 Å². The number of pyridine rings is 1. The van der Waals surface area contributed by atoms with E-state index < -0.39 is 23.8 Å². The van der Waals surface area contributed by atoms with Crippen LogP contribution >= 0.6 is 0 Å². The fourth-order valence-corrected chi connectivity index (χ4v) is 2.56. The largest absolute Gasteiger partial charge is 0.481 e. The standard InChI is InChI=1S/C22H22N4O5/c1-23-20(27)19(21(28)25-30)26(2)22(29)17-11-8-15(9-12-17)6-4-5-7-16-10-13-18(31-3)24-14-16/h5,7-14,19,30H,1-3H3,(H,23,27)(H,25,28). The topological polar surface area (TPSA) is 121 Å². The predicted molar refractivity (Wildman–Crippen MR) is 113 cm³/mol. The van der Waals surface area contributed by atoms with Crippen LogP contribution in [0.15, 0.2) is 48.7 Å². The molecule has 0 saturated carbocycles. The van der Waals surface area contributed by atoms with Gasteiger partial charge in [0.05, 0.1) is 7.11 Å². The van der Waals surface area contributed by atoms with E-state index in [9.17, 15) is 14.4 Å². The van der Waals surface area contributed by atoms with E-state index >= 15 is 0 Å². The normalized spacial score (nSPS) is 11.1.